The van der Waals surface area contributed by atoms with Crippen LogP contribution in [0.25, 0.3) is 0 Å². The van der Waals surface area contributed by atoms with Gasteiger partial charge in [-0.25, -0.2) is 9.13 Å². The van der Waals surface area contributed by atoms with Crippen LogP contribution in [0.4, 0.5) is 0 Å². The predicted octanol–water partition coefficient (Wildman–Crippen LogP) is 19.7. The van der Waals surface area contributed by atoms with E-state index in [1.807, 2.05) is 0 Å². The van der Waals surface area contributed by atoms with Crippen molar-refractivity contribution in [3.8, 4) is 0 Å². The number of esters is 4. The third-order valence-corrected chi connectivity index (χ3v) is 17.9. The number of phosphoric acid groups is 2. The second-order valence-electron chi connectivity index (χ2n) is 25.4. The number of unbranched alkanes of at least 4 members (excludes halogenated alkanes) is 41. The van der Waals surface area contributed by atoms with E-state index in [2.05, 4.69) is 34.6 Å². The molecular weight excluding hydrogens is 1160 g/mol. The highest BCUT2D eigenvalue weighted by atomic mass is 31.2. The Bertz CT molecular complexity index is 1700. The minimum atomic E-state index is -4.95. The van der Waals surface area contributed by atoms with Crippen LogP contribution in [0.3, 0.4) is 0 Å². The van der Waals surface area contributed by atoms with Gasteiger partial charge in [-0.15, -0.1) is 0 Å². The number of rotatable bonds is 69. The van der Waals surface area contributed by atoms with E-state index < -0.39 is 97.5 Å². The van der Waals surface area contributed by atoms with Crippen molar-refractivity contribution in [2.75, 3.05) is 39.6 Å². The lowest BCUT2D eigenvalue weighted by molar-refractivity contribution is -0.161. The second kappa shape index (κ2) is 62.5. The number of hydrogen-bond donors (Lipinski definition) is 3. The van der Waals surface area contributed by atoms with E-state index in [0.717, 1.165) is 102 Å². The second-order valence-corrected chi connectivity index (χ2v) is 28.3. The largest absolute Gasteiger partial charge is 0.472 e. The summed E-state index contributed by atoms with van der Waals surface area (Å²) in [5, 5.41) is 10.5. The Morgan fingerprint density at radius 2 is 0.523 bits per heavy atom. The van der Waals surface area contributed by atoms with Gasteiger partial charge in [-0.3, -0.25) is 37.3 Å². The molecule has 0 spiro atoms. The molecule has 5 atom stereocenters. The van der Waals surface area contributed by atoms with Gasteiger partial charge in [-0.2, -0.15) is 0 Å². The molecule has 0 aromatic rings. The molecule has 0 saturated heterocycles. The van der Waals surface area contributed by atoms with Crippen molar-refractivity contribution < 1.29 is 80.2 Å². The minimum Gasteiger partial charge on any atom is -0.462 e. The van der Waals surface area contributed by atoms with Gasteiger partial charge >= 0.3 is 39.5 Å². The molecule has 19 heteroatoms. The molecule has 0 aliphatic carbocycles. The molecule has 0 radical (unpaired) electrons. The molecule has 2 unspecified atom stereocenters. The Morgan fingerprint density at radius 1 is 0.307 bits per heavy atom. The standard InChI is InChI=1S/C69H134O17P2/c1-6-9-12-15-17-19-21-22-23-27-31-34-38-43-48-53-67(72)80-59-65(86-69(74)55-50-45-40-36-32-28-25-24-26-30-33-37-42-46-51-62(4)5)61-84-88(77,78)82-57-63(70)56-81-87(75,76)83-60-64(58-79-66(71)52-47-41-14-11-8-3)85-68(73)54-49-44-39-35-29-20-18-16-13-10-7-2/h62-65,70H,6-61H2,1-5H3,(H,75,76)(H,77,78)/t63-,64+,65+/m0/s1. The Labute approximate surface area is 537 Å². The van der Waals surface area contributed by atoms with Crippen LogP contribution >= 0.6 is 15.6 Å². The number of carbonyl (C=O) groups excluding carboxylic acids is 4. The van der Waals surface area contributed by atoms with Gasteiger partial charge in [-0.1, -0.05) is 304 Å². The van der Waals surface area contributed by atoms with Crippen molar-refractivity contribution in [2.24, 2.45) is 5.92 Å². The Balaban J connectivity index is 5.16. The summed E-state index contributed by atoms with van der Waals surface area (Å²) in [6.45, 7) is 7.18. The highest BCUT2D eigenvalue weighted by Crippen LogP contribution is 2.45. The molecule has 0 aliphatic heterocycles. The van der Waals surface area contributed by atoms with E-state index in [1.54, 1.807) is 0 Å². The zero-order chi connectivity index (χ0) is 64.9. The molecule has 17 nitrogen and oxygen atoms in total. The number of carbonyl (C=O) groups is 4. The van der Waals surface area contributed by atoms with E-state index in [-0.39, 0.29) is 25.7 Å². The first kappa shape index (κ1) is 86.1. The molecule has 0 aromatic heterocycles. The maximum atomic E-state index is 13.0. The molecule has 0 bridgehead atoms. The molecule has 0 saturated carbocycles. The summed E-state index contributed by atoms with van der Waals surface area (Å²) in [5.74, 6) is -1.34. The summed E-state index contributed by atoms with van der Waals surface area (Å²) < 4.78 is 68.0. The maximum Gasteiger partial charge on any atom is 0.472 e. The van der Waals surface area contributed by atoms with Gasteiger partial charge in [0.25, 0.3) is 0 Å². The summed E-state index contributed by atoms with van der Waals surface area (Å²) >= 11 is 0. The van der Waals surface area contributed by atoms with Gasteiger partial charge in [0.15, 0.2) is 12.2 Å². The van der Waals surface area contributed by atoms with Crippen molar-refractivity contribution in [3.05, 3.63) is 0 Å². The molecule has 0 rings (SSSR count). The van der Waals surface area contributed by atoms with E-state index in [1.165, 1.54) is 173 Å². The van der Waals surface area contributed by atoms with E-state index in [4.69, 9.17) is 37.0 Å². The molecule has 522 valence electrons. The molecule has 3 N–H and O–H groups in total. The normalized spacial score (nSPS) is 14.1. The summed E-state index contributed by atoms with van der Waals surface area (Å²) in [6.07, 6.45) is 48.9. The van der Waals surface area contributed by atoms with Gasteiger partial charge < -0.3 is 33.8 Å². The zero-order valence-electron chi connectivity index (χ0n) is 56.9. The number of phosphoric ester groups is 2. The SMILES string of the molecule is CCCCCCCCCCCCCCCCCC(=O)OC[C@H](COP(=O)(O)OC[C@@H](O)COP(=O)(O)OC[C@@H](COC(=O)CCCCCCC)OC(=O)CCCCCCCCCCCCC)OC(=O)CCCCCCCCCCCCCCCCC(C)C. The van der Waals surface area contributed by atoms with Gasteiger partial charge in [-0.05, 0) is 31.6 Å². The molecule has 0 aliphatic rings. The number of aliphatic hydroxyl groups is 1. The van der Waals surface area contributed by atoms with Crippen molar-refractivity contribution in [1.82, 2.24) is 0 Å². The average Bonchev–Trinajstić information content (AvgIpc) is 3.69. The van der Waals surface area contributed by atoms with Crippen LogP contribution in [-0.4, -0.2) is 96.7 Å². The molecule has 0 amide bonds. The van der Waals surface area contributed by atoms with Crippen molar-refractivity contribution >= 4 is 39.5 Å². The first-order chi connectivity index (χ1) is 42.5. The lowest BCUT2D eigenvalue weighted by Gasteiger charge is -2.21. The Morgan fingerprint density at radius 3 is 0.773 bits per heavy atom. The van der Waals surface area contributed by atoms with Crippen LogP contribution in [0.2, 0.25) is 0 Å². The summed E-state index contributed by atoms with van der Waals surface area (Å²) in [6, 6.07) is 0. The molecule has 0 heterocycles. The van der Waals surface area contributed by atoms with Gasteiger partial charge in [0.2, 0.25) is 0 Å². The van der Waals surface area contributed by atoms with Crippen LogP contribution in [0.15, 0.2) is 0 Å². The van der Waals surface area contributed by atoms with Crippen molar-refractivity contribution in [1.29, 1.82) is 0 Å². The average molecular weight is 1300 g/mol. The zero-order valence-corrected chi connectivity index (χ0v) is 58.6. The van der Waals surface area contributed by atoms with Crippen LogP contribution in [0.5, 0.6) is 0 Å². The smallest absolute Gasteiger partial charge is 0.462 e. The number of hydrogen-bond acceptors (Lipinski definition) is 15. The topological polar surface area (TPSA) is 237 Å². The van der Waals surface area contributed by atoms with E-state index in [9.17, 15) is 43.2 Å². The maximum absolute atomic E-state index is 13.0. The van der Waals surface area contributed by atoms with E-state index >= 15 is 0 Å². The monoisotopic (exact) mass is 1300 g/mol. The van der Waals surface area contributed by atoms with Gasteiger partial charge in [0.1, 0.15) is 19.3 Å². The Hall–Kier alpha value is -1.94. The third-order valence-electron chi connectivity index (χ3n) is 16.0. The lowest BCUT2D eigenvalue weighted by Crippen LogP contribution is -2.30. The highest BCUT2D eigenvalue weighted by Gasteiger charge is 2.30. The highest BCUT2D eigenvalue weighted by molar-refractivity contribution is 7.47. The summed E-state index contributed by atoms with van der Waals surface area (Å²) in [5.41, 5.74) is 0. The third kappa shape index (κ3) is 62.8. The fourth-order valence-electron chi connectivity index (χ4n) is 10.5. The summed E-state index contributed by atoms with van der Waals surface area (Å²) in [7, 11) is -9.89. The quantitative estimate of drug-likeness (QED) is 0.0222. The van der Waals surface area contributed by atoms with Gasteiger partial charge in [0.05, 0.1) is 26.4 Å². The molecule has 88 heavy (non-hydrogen) atoms. The first-order valence-electron chi connectivity index (χ1n) is 36.1. The Kier molecular flexibility index (Phi) is 61.1. The van der Waals surface area contributed by atoms with Crippen LogP contribution in [0, 0.1) is 5.92 Å². The van der Waals surface area contributed by atoms with Gasteiger partial charge in [0, 0.05) is 25.7 Å². The fourth-order valence-corrected chi connectivity index (χ4v) is 12.0. The van der Waals surface area contributed by atoms with Crippen LogP contribution < -0.4 is 0 Å². The van der Waals surface area contributed by atoms with Crippen LogP contribution in [0.1, 0.15) is 356 Å². The van der Waals surface area contributed by atoms with Crippen molar-refractivity contribution in [2.45, 2.75) is 374 Å². The van der Waals surface area contributed by atoms with Crippen LogP contribution in [-0.2, 0) is 65.4 Å². The number of ether oxygens (including phenoxy) is 4. The molecular formula is C69H134O17P2. The van der Waals surface area contributed by atoms with Crippen molar-refractivity contribution in [3.63, 3.8) is 0 Å². The molecule has 0 fully saturated rings. The first-order valence-corrected chi connectivity index (χ1v) is 39.1. The summed E-state index contributed by atoms with van der Waals surface area (Å²) in [4.78, 5) is 72.2. The lowest BCUT2D eigenvalue weighted by atomic mass is 10.0. The van der Waals surface area contributed by atoms with E-state index in [0.29, 0.717) is 25.7 Å². The minimum absolute atomic E-state index is 0.106. The molecule has 0 aromatic carbocycles. The fraction of sp³-hybridized carbons (Fsp3) is 0.942. The predicted molar refractivity (Wildman–Crippen MR) is 354 cm³/mol. The number of aliphatic hydroxyl groups excluding tert-OH is 1.